The van der Waals surface area contributed by atoms with Gasteiger partial charge in [0.25, 0.3) is 6.71 Å². The molecule has 0 aliphatic carbocycles. The van der Waals surface area contributed by atoms with E-state index in [1.165, 1.54) is 59.7 Å². The maximum atomic E-state index is 2.66. The number of nitrogens with zero attached hydrogens (tertiary/aromatic N) is 3. The highest BCUT2D eigenvalue weighted by Gasteiger charge is 2.45. The maximum Gasteiger partial charge on any atom is 0.252 e. The molecule has 4 heteroatoms. The molecule has 0 N–H and O–H groups in total. The molecule has 0 saturated carbocycles. The first kappa shape index (κ1) is 55.2. The van der Waals surface area contributed by atoms with Crippen LogP contribution in [0.2, 0.25) is 0 Å². The van der Waals surface area contributed by atoms with E-state index in [1.807, 2.05) is 0 Å². The smallest absolute Gasteiger partial charge is 0.252 e. The van der Waals surface area contributed by atoms with Gasteiger partial charge in [0.15, 0.2) is 0 Å². The fourth-order valence-corrected chi connectivity index (χ4v) is 15.7. The SMILES string of the molecule is c1ccc(-c2cc(-c3ccccc3)c(N3c4cc(-c5ccc6cc7ccccc7cc6c5)ccc4B4c5ccc(-n6c7ccccc7c7ccccc76)cc5N(c5c(-c6ccccc6)cc(-c6ccccc6)cc5-c5ccccc5)c5cccc3c54)c(-c3ccccc3)c2)cc1. The second-order valence-electron chi connectivity index (χ2n) is 25.5. The molecule has 0 amide bonds. The van der Waals surface area contributed by atoms with Gasteiger partial charge in [-0.05, 0) is 178 Å². The van der Waals surface area contributed by atoms with E-state index < -0.39 is 0 Å². The summed E-state index contributed by atoms with van der Waals surface area (Å²) in [6.45, 7) is -0.203. The molecular weight excluding hydrogens is 1160 g/mol. The summed E-state index contributed by atoms with van der Waals surface area (Å²) in [6, 6.07) is 136. The van der Waals surface area contributed by atoms with Gasteiger partial charge in [-0.3, -0.25) is 0 Å². The topological polar surface area (TPSA) is 11.4 Å². The average Bonchev–Trinajstić information content (AvgIpc) is 0.726. The third-order valence-corrected chi connectivity index (χ3v) is 20.1. The van der Waals surface area contributed by atoms with Crippen molar-refractivity contribution in [3.05, 3.63) is 364 Å². The zero-order valence-electron chi connectivity index (χ0n) is 52.6. The summed E-state index contributed by atoms with van der Waals surface area (Å²) < 4.78 is 2.48. The van der Waals surface area contributed by atoms with Crippen molar-refractivity contribution >= 4 is 101 Å². The molecule has 0 unspecified atom stereocenters. The number of para-hydroxylation sites is 2. The lowest BCUT2D eigenvalue weighted by atomic mass is 9.33. The van der Waals surface area contributed by atoms with Crippen molar-refractivity contribution < 1.29 is 0 Å². The minimum Gasteiger partial charge on any atom is -0.310 e. The number of fused-ring (bicyclic) bond motifs is 9. The van der Waals surface area contributed by atoms with Crippen LogP contribution in [0.4, 0.5) is 34.1 Å². The Morgan fingerprint density at radius 3 is 1.04 bits per heavy atom. The van der Waals surface area contributed by atoms with Crippen LogP contribution in [0.3, 0.4) is 0 Å². The van der Waals surface area contributed by atoms with Crippen molar-refractivity contribution in [3.63, 3.8) is 0 Å². The molecule has 446 valence electrons. The number of hydrogen-bond donors (Lipinski definition) is 0. The Balaban J connectivity index is 0.951. The van der Waals surface area contributed by atoms with Gasteiger partial charge in [-0.25, -0.2) is 0 Å². The van der Waals surface area contributed by atoms with Gasteiger partial charge in [0.1, 0.15) is 0 Å². The predicted molar refractivity (Wildman–Crippen MR) is 408 cm³/mol. The van der Waals surface area contributed by atoms with Gasteiger partial charge in [0.2, 0.25) is 0 Å². The molecular formula is C92H60BN3. The van der Waals surface area contributed by atoms with Gasteiger partial charge < -0.3 is 14.4 Å². The molecule has 3 nitrogen and oxygen atoms in total. The van der Waals surface area contributed by atoms with Crippen molar-refractivity contribution in [1.29, 1.82) is 0 Å². The monoisotopic (exact) mass is 1220 g/mol. The first-order valence-electron chi connectivity index (χ1n) is 33.2. The molecule has 96 heavy (non-hydrogen) atoms. The normalized spacial score (nSPS) is 12.3. The van der Waals surface area contributed by atoms with Crippen molar-refractivity contribution in [2.75, 3.05) is 9.80 Å². The molecule has 0 fully saturated rings. The Labute approximate surface area is 559 Å². The average molecular weight is 1220 g/mol. The molecule has 2 aliphatic rings. The Hall–Kier alpha value is -12.5. The van der Waals surface area contributed by atoms with E-state index in [9.17, 15) is 0 Å². The quantitative estimate of drug-likeness (QED) is 0.0999. The molecule has 17 aromatic rings. The van der Waals surface area contributed by atoms with Gasteiger partial charge in [0, 0.05) is 61.5 Å². The predicted octanol–water partition coefficient (Wildman–Crippen LogP) is 22.8. The summed E-state index contributed by atoms with van der Waals surface area (Å²) >= 11 is 0. The highest BCUT2D eigenvalue weighted by atomic mass is 15.2. The van der Waals surface area contributed by atoms with Gasteiger partial charge in [-0.15, -0.1) is 0 Å². The van der Waals surface area contributed by atoms with E-state index >= 15 is 0 Å². The second kappa shape index (κ2) is 22.7. The van der Waals surface area contributed by atoms with Crippen LogP contribution in [0, 0.1) is 0 Å². The van der Waals surface area contributed by atoms with Gasteiger partial charge in [-0.1, -0.05) is 279 Å². The van der Waals surface area contributed by atoms with Crippen LogP contribution in [0.1, 0.15) is 0 Å². The first-order valence-corrected chi connectivity index (χ1v) is 33.2. The van der Waals surface area contributed by atoms with Crippen LogP contribution in [-0.2, 0) is 0 Å². The van der Waals surface area contributed by atoms with Crippen molar-refractivity contribution in [1.82, 2.24) is 4.57 Å². The molecule has 16 aromatic carbocycles. The summed E-state index contributed by atoms with van der Waals surface area (Å²) in [5.74, 6) is 0. The minimum absolute atomic E-state index is 0.203. The minimum atomic E-state index is -0.203. The molecule has 1 aromatic heterocycles. The van der Waals surface area contributed by atoms with E-state index in [4.69, 9.17) is 0 Å². The number of hydrogen-bond acceptors (Lipinski definition) is 2. The van der Waals surface area contributed by atoms with Gasteiger partial charge in [0.05, 0.1) is 22.4 Å². The fourth-order valence-electron chi connectivity index (χ4n) is 15.7. The maximum absolute atomic E-state index is 2.66. The first-order chi connectivity index (χ1) is 47.6. The van der Waals surface area contributed by atoms with Gasteiger partial charge >= 0.3 is 0 Å². The molecule has 2 aliphatic heterocycles. The van der Waals surface area contributed by atoms with Crippen LogP contribution in [0.25, 0.3) is 127 Å². The van der Waals surface area contributed by atoms with Crippen LogP contribution in [-0.4, -0.2) is 11.3 Å². The van der Waals surface area contributed by atoms with E-state index in [-0.39, 0.29) is 6.71 Å². The Kier molecular flexibility index (Phi) is 13.0. The molecule has 0 saturated heterocycles. The zero-order valence-corrected chi connectivity index (χ0v) is 52.6. The van der Waals surface area contributed by atoms with Crippen LogP contribution < -0.4 is 26.2 Å². The molecule has 3 heterocycles. The third-order valence-electron chi connectivity index (χ3n) is 20.1. The second-order valence-corrected chi connectivity index (χ2v) is 25.5. The molecule has 0 bridgehead atoms. The number of rotatable bonds is 10. The molecule has 0 spiro atoms. The Morgan fingerprint density at radius 2 is 0.573 bits per heavy atom. The van der Waals surface area contributed by atoms with Crippen LogP contribution >= 0.6 is 0 Å². The molecule has 19 rings (SSSR count). The molecule has 0 radical (unpaired) electrons. The highest BCUT2D eigenvalue weighted by molar-refractivity contribution is 7.00. The summed E-state index contributed by atoms with van der Waals surface area (Å²) in [5.41, 5.74) is 29.9. The summed E-state index contributed by atoms with van der Waals surface area (Å²) in [4.78, 5) is 5.32. The van der Waals surface area contributed by atoms with Crippen molar-refractivity contribution in [2.24, 2.45) is 0 Å². The van der Waals surface area contributed by atoms with Crippen LogP contribution in [0.5, 0.6) is 0 Å². The number of anilines is 6. The summed E-state index contributed by atoms with van der Waals surface area (Å²) in [7, 11) is 0. The highest BCUT2D eigenvalue weighted by Crippen LogP contribution is 2.55. The lowest BCUT2D eigenvalue weighted by Gasteiger charge is -2.46. The molecule has 0 atom stereocenters. The van der Waals surface area contributed by atoms with Crippen LogP contribution in [0.15, 0.2) is 364 Å². The van der Waals surface area contributed by atoms with E-state index in [2.05, 4.69) is 378 Å². The van der Waals surface area contributed by atoms with Crippen molar-refractivity contribution in [3.8, 4) is 83.6 Å². The third kappa shape index (κ3) is 9.06. The largest absolute Gasteiger partial charge is 0.310 e. The standard InChI is InChI=1S/C92H60BN3/c1-7-26-61(27-8-1)73-55-78(63-30-11-3-12-31-63)91(79(56-73)64-32-13-4-14-33-64)95-86-44-25-45-87-90(86)93(82-50-48-71(59-88(82)95)69-46-47-70-52-67-38-19-20-39-68(67)53-72(70)54-69)83-51-49-75(94-84-42-23-21-40-76(84)77-41-22-24-43-85(77)94)60-89(83)96(87)92-80(65-34-15-5-16-35-65)57-74(62-28-9-2-10-29-62)58-81(92)66-36-17-6-18-37-66/h1-60H. The summed E-state index contributed by atoms with van der Waals surface area (Å²) in [5, 5.41) is 7.37. The Morgan fingerprint density at radius 1 is 0.208 bits per heavy atom. The van der Waals surface area contributed by atoms with E-state index in [1.54, 1.807) is 0 Å². The van der Waals surface area contributed by atoms with Crippen molar-refractivity contribution in [2.45, 2.75) is 0 Å². The van der Waals surface area contributed by atoms with E-state index in [0.717, 1.165) is 118 Å². The zero-order chi connectivity index (χ0) is 63.2. The number of benzene rings is 16. The lowest BCUT2D eigenvalue weighted by Crippen LogP contribution is -2.61. The van der Waals surface area contributed by atoms with Gasteiger partial charge in [-0.2, -0.15) is 0 Å². The Bertz CT molecular complexity index is 5710. The van der Waals surface area contributed by atoms with E-state index in [0.29, 0.717) is 0 Å². The number of aromatic nitrogens is 1. The fraction of sp³-hybridized carbons (Fsp3) is 0. The summed E-state index contributed by atoms with van der Waals surface area (Å²) in [6.07, 6.45) is 0. The lowest BCUT2D eigenvalue weighted by molar-refractivity contribution is 1.17.